The Bertz CT molecular complexity index is 1090. The average molecular weight is 482 g/mol. The second-order valence-electron chi connectivity index (χ2n) is 5.39. The maximum atomic E-state index is 9.92. The van der Waals surface area contributed by atoms with E-state index in [-0.39, 0.29) is 5.75 Å². The van der Waals surface area contributed by atoms with Crippen molar-refractivity contribution in [1.82, 2.24) is 4.98 Å². The molecule has 2 aromatic carbocycles. The van der Waals surface area contributed by atoms with E-state index in [4.69, 9.17) is 27.9 Å². The molecule has 0 unspecified atom stereocenters. The van der Waals surface area contributed by atoms with Gasteiger partial charge in [-0.25, -0.2) is 4.98 Å². The Balaban J connectivity index is 2.00. The summed E-state index contributed by atoms with van der Waals surface area (Å²) in [7, 11) is 1.46. The van der Waals surface area contributed by atoms with E-state index in [9.17, 15) is 10.4 Å². The molecule has 8 heteroatoms. The van der Waals surface area contributed by atoms with E-state index in [0.29, 0.717) is 42.1 Å². The smallest absolute Gasteiger partial charge is 0.172 e. The van der Waals surface area contributed by atoms with Crippen LogP contribution in [0.4, 0.5) is 0 Å². The van der Waals surface area contributed by atoms with Gasteiger partial charge in [-0.2, -0.15) is 5.26 Å². The number of thiazole rings is 1. The van der Waals surface area contributed by atoms with Crippen LogP contribution in [0, 0.1) is 11.3 Å². The Morgan fingerprint density at radius 2 is 2.11 bits per heavy atom. The zero-order valence-corrected chi connectivity index (χ0v) is 17.7. The molecule has 0 atom stereocenters. The van der Waals surface area contributed by atoms with Crippen molar-refractivity contribution in [2.24, 2.45) is 0 Å². The number of nitrogens with zero attached hydrogens (tertiary/aromatic N) is 2. The molecule has 0 aliphatic rings. The molecule has 0 saturated heterocycles. The highest BCUT2D eigenvalue weighted by Crippen LogP contribution is 2.37. The average Bonchev–Trinajstić information content (AvgIpc) is 3.12. The zero-order valence-electron chi connectivity index (χ0n) is 13.8. The second-order valence-corrected chi connectivity index (χ2v) is 7.94. The molecule has 0 bridgehead atoms. The summed E-state index contributed by atoms with van der Waals surface area (Å²) in [6, 6.07) is 10.7. The van der Waals surface area contributed by atoms with E-state index in [1.807, 2.05) is 5.38 Å². The predicted octanol–water partition coefficient (Wildman–Crippen LogP) is 6.66. The number of phenols is 1. The summed E-state index contributed by atoms with van der Waals surface area (Å²) in [6.07, 6.45) is 1.68. The molecule has 136 valence electrons. The van der Waals surface area contributed by atoms with E-state index >= 15 is 0 Å². The molecule has 0 spiro atoms. The van der Waals surface area contributed by atoms with Crippen molar-refractivity contribution < 1.29 is 9.84 Å². The van der Waals surface area contributed by atoms with E-state index in [2.05, 4.69) is 27.0 Å². The van der Waals surface area contributed by atoms with E-state index in [0.717, 1.165) is 5.56 Å². The third-order valence-electron chi connectivity index (χ3n) is 3.64. The van der Waals surface area contributed by atoms with Crippen LogP contribution in [0.2, 0.25) is 10.0 Å². The number of halogens is 3. The maximum absolute atomic E-state index is 9.92. The molecule has 0 saturated carbocycles. The van der Waals surface area contributed by atoms with E-state index < -0.39 is 0 Å². The molecule has 0 aliphatic carbocycles. The SMILES string of the molecule is COc1cc(C=C(C#N)c2nc(-c3ccc(Cl)cc3Cl)cs2)cc(Br)c1O. The molecular formula is C19H11BrCl2N2O2S. The number of rotatable bonds is 4. The minimum absolute atomic E-state index is 0.00192. The van der Waals surface area contributed by atoms with Crippen LogP contribution in [-0.2, 0) is 0 Å². The molecule has 1 heterocycles. The Morgan fingerprint density at radius 3 is 2.78 bits per heavy atom. The third kappa shape index (κ3) is 4.28. The van der Waals surface area contributed by atoms with Gasteiger partial charge in [0.1, 0.15) is 11.1 Å². The summed E-state index contributed by atoms with van der Waals surface area (Å²) >= 11 is 16.8. The highest BCUT2D eigenvalue weighted by molar-refractivity contribution is 9.10. The van der Waals surface area contributed by atoms with Gasteiger partial charge in [-0.05, 0) is 57.9 Å². The minimum Gasteiger partial charge on any atom is -0.503 e. The van der Waals surface area contributed by atoms with E-state index in [1.54, 1.807) is 36.4 Å². The van der Waals surface area contributed by atoms with Gasteiger partial charge in [-0.3, -0.25) is 0 Å². The lowest BCUT2D eigenvalue weighted by atomic mass is 10.1. The third-order valence-corrected chi connectivity index (χ3v) is 5.67. The van der Waals surface area contributed by atoms with Crippen molar-refractivity contribution in [2.75, 3.05) is 7.11 Å². The van der Waals surface area contributed by atoms with Crippen LogP contribution >= 0.6 is 50.5 Å². The van der Waals surface area contributed by atoms with Crippen molar-refractivity contribution >= 4 is 62.1 Å². The molecule has 0 radical (unpaired) electrons. The summed E-state index contributed by atoms with van der Waals surface area (Å²) < 4.78 is 5.61. The molecule has 3 aromatic rings. The number of hydrogen-bond donors (Lipinski definition) is 1. The first-order valence-corrected chi connectivity index (χ1v) is 9.95. The number of phenolic OH excluding ortho intramolecular Hbond substituents is 1. The van der Waals surface area contributed by atoms with Gasteiger partial charge in [0.15, 0.2) is 11.5 Å². The van der Waals surface area contributed by atoms with Crippen LogP contribution in [0.3, 0.4) is 0 Å². The summed E-state index contributed by atoms with van der Waals surface area (Å²) in [5.41, 5.74) is 2.49. The zero-order chi connectivity index (χ0) is 19.6. The number of allylic oxidation sites excluding steroid dienone is 1. The molecule has 1 N–H and O–H groups in total. The number of benzene rings is 2. The minimum atomic E-state index is 0.00192. The summed E-state index contributed by atoms with van der Waals surface area (Å²) in [5, 5.41) is 22.9. The normalized spacial score (nSPS) is 11.3. The van der Waals surface area contributed by atoms with Crippen LogP contribution in [0.25, 0.3) is 22.9 Å². The lowest BCUT2D eigenvalue weighted by Gasteiger charge is -2.06. The predicted molar refractivity (Wildman–Crippen MR) is 113 cm³/mol. The number of aromatic hydroxyl groups is 1. The van der Waals surface area contributed by atoms with Gasteiger partial charge < -0.3 is 9.84 Å². The lowest BCUT2D eigenvalue weighted by molar-refractivity contribution is 0.372. The molecule has 1 aromatic heterocycles. The summed E-state index contributed by atoms with van der Waals surface area (Å²) in [6.45, 7) is 0. The fraction of sp³-hybridized carbons (Fsp3) is 0.0526. The highest BCUT2D eigenvalue weighted by Gasteiger charge is 2.13. The standard InChI is InChI=1S/C19H11BrCl2N2O2S/c1-26-17-6-10(5-14(20)18(17)25)4-11(8-23)19-24-16(9-27-19)13-3-2-12(21)7-15(13)22/h2-7,9,25H,1H3. The van der Waals surface area contributed by atoms with Crippen LogP contribution < -0.4 is 4.74 Å². The number of ether oxygens (including phenoxy) is 1. The van der Waals surface area contributed by atoms with Crippen molar-refractivity contribution in [3.63, 3.8) is 0 Å². The number of nitriles is 1. The first-order valence-electron chi connectivity index (χ1n) is 7.52. The van der Waals surface area contributed by atoms with Crippen molar-refractivity contribution in [2.45, 2.75) is 0 Å². The number of aromatic nitrogens is 1. The Labute approximate surface area is 178 Å². The van der Waals surface area contributed by atoms with Gasteiger partial charge in [0, 0.05) is 16.0 Å². The van der Waals surface area contributed by atoms with Gasteiger partial charge in [-0.1, -0.05) is 23.2 Å². The van der Waals surface area contributed by atoms with E-state index in [1.165, 1.54) is 18.4 Å². The quantitative estimate of drug-likeness (QED) is 0.423. The molecule has 0 aliphatic heterocycles. The van der Waals surface area contributed by atoms with Crippen molar-refractivity contribution in [3.05, 3.63) is 60.8 Å². The monoisotopic (exact) mass is 480 g/mol. The molecule has 4 nitrogen and oxygen atoms in total. The molecule has 27 heavy (non-hydrogen) atoms. The molecule has 0 fully saturated rings. The van der Waals surface area contributed by atoms with Crippen molar-refractivity contribution in [3.8, 4) is 28.8 Å². The Hall–Kier alpha value is -2.04. The van der Waals surface area contributed by atoms with Gasteiger partial charge in [0.05, 0.1) is 27.9 Å². The molecule has 0 amide bonds. The molecule has 3 rings (SSSR count). The number of methoxy groups -OCH3 is 1. The van der Waals surface area contributed by atoms with Crippen LogP contribution in [0.15, 0.2) is 40.2 Å². The lowest BCUT2D eigenvalue weighted by Crippen LogP contribution is -1.87. The van der Waals surface area contributed by atoms with Crippen LogP contribution in [0.5, 0.6) is 11.5 Å². The summed E-state index contributed by atoms with van der Waals surface area (Å²) in [5.74, 6) is 0.308. The Morgan fingerprint density at radius 1 is 1.33 bits per heavy atom. The Kier molecular flexibility index (Phi) is 6.08. The first-order chi connectivity index (χ1) is 12.9. The first kappa shape index (κ1) is 19.7. The van der Waals surface area contributed by atoms with Crippen molar-refractivity contribution in [1.29, 1.82) is 5.26 Å². The highest BCUT2D eigenvalue weighted by atomic mass is 79.9. The van der Waals surface area contributed by atoms with Gasteiger partial charge in [0.25, 0.3) is 0 Å². The van der Waals surface area contributed by atoms with Gasteiger partial charge in [-0.15, -0.1) is 11.3 Å². The maximum Gasteiger partial charge on any atom is 0.172 e. The summed E-state index contributed by atoms with van der Waals surface area (Å²) in [4.78, 5) is 4.53. The van der Waals surface area contributed by atoms with Crippen LogP contribution in [-0.4, -0.2) is 17.2 Å². The fourth-order valence-electron chi connectivity index (χ4n) is 2.36. The van der Waals surface area contributed by atoms with Gasteiger partial charge >= 0.3 is 0 Å². The second kappa shape index (κ2) is 8.32. The topological polar surface area (TPSA) is 66.1 Å². The fourth-order valence-corrected chi connectivity index (χ4v) is 4.11. The number of hydrogen-bond acceptors (Lipinski definition) is 5. The largest absolute Gasteiger partial charge is 0.503 e. The van der Waals surface area contributed by atoms with Crippen LogP contribution in [0.1, 0.15) is 10.6 Å². The molecular weight excluding hydrogens is 471 g/mol. The van der Waals surface area contributed by atoms with Gasteiger partial charge in [0.2, 0.25) is 0 Å².